The van der Waals surface area contributed by atoms with Crippen LogP contribution in [0.15, 0.2) is 53.0 Å². The topological polar surface area (TPSA) is 41.1 Å². The van der Waals surface area contributed by atoms with Crippen LogP contribution < -0.4 is 10.6 Å². The van der Waals surface area contributed by atoms with Crippen molar-refractivity contribution in [3.63, 3.8) is 0 Å². The van der Waals surface area contributed by atoms with E-state index < -0.39 is 0 Å². The zero-order valence-corrected chi connectivity index (χ0v) is 11.8. The van der Waals surface area contributed by atoms with Gasteiger partial charge in [0.15, 0.2) is 0 Å². The second kappa shape index (κ2) is 5.05. The fraction of sp³-hybridized carbons (Fsp3) is 0.133. The van der Waals surface area contributed by atoms with Crippen LogP contribution in [-0.2, 0) is 11.2 Å². The molecule has 1 amide bonds. The molecule has 3 nitrogen and oxygen atoms in total. The molecule has 3 rings (SSSR count). The number of carbonyl (C=O) groups excluding carboxylic acids is 1. The Kier molecular flexibility index (Phi) is 3.25. The van der Waals surface area contributed by atoms with E-state index in [4.69, 9.17) is 0 Å². The minimum atomic E-state index is -0.193. The first-order chi connectivity index (χ1) is 9.22. The highest BCUT2D eigenvalue weighted by molar-refractivity contribution is 9.10. The highest BCUT2D eigenvalue weighted by Gasteiger charge is 2.26. The number of fused-ring (bicyclic) bond motifs is 1. The van der Waals surface area contributed by atoms with Gasteiger partial charge in [0.25, 0.3) is 0 Å². The van der Waals surface area contributed by atoms with Gasteiger partial charge >= 0.3 is 0 Å². The number of amides is 1. The highest BCUT2D eigenvalue weighted by Crippen LogP contribution is 2.25. The number of hydrogen-bond donors (Lipinski definition) is 2. The molecule has 0 saturated heterocycles. The van der Waals surface area contributed by atoms with Crippen molar-refractivity contribution >= 4 is 33.2 Å². The smallest absolute Gasteiger partial charge is 0.247 e. The van der Waals surface area contributed by atoms with E-state index in [0.717, 1.165) is 22.3 Å². The van der Waals surface area contributed by atoms with Gasteiger partial charge in [-0.1, -0.05) is 34.1 Å². The Morgan fingerprint density at radius 3 is 2.63 bits per heavy atom. The van der Waals surface area contributed by atoms with Gasteiger partial charge in [0, 0.05) is 22.3 Å². The number of anilines is 2. The van der Waals surface area contributed by atoms with Gasteiger partial charge in [-0.25, -0.2) is 0 Å². The van der Waals surface area contributed by atoms with Crippen LogP contribution in [0.2, 0.25) is 0 Å². The summed E-state index contributed by atoms with van der Waals surface area (Å²) in [4.78, 5) is 12.2. The third-order valence-corrected chi connectivity index (χ3v) is 3.73. The summed E-state index contributed by atoms with van der Waals surface area (Å²) in [7, 11) is 0. The van der Waals surface area contributed by atoms with Gasteiger partial charge in [-0.15, -0.1) is 0 Å². The molecule has 96 valence electrons. The zero-order valence-electron chi connectivity index (χ0n) is 10.2. The number of carbonyl (C=O) groups is 1. The minimum Gasteiger partial charge on any atom is -0.373 e. The zero-order chi connectivity index (χ0) is 13.2. The molecule has 0 aromatic heterocycles. The molecule has 2 aromatic rings. The van der Waals surface area contributed by atoms with Crippen molar-refractivity contribution in [2.45, 2.75) is 12.5 Å². The van der Waals surface area contributed by atoms with E-state index in [1.165, 1.54) is 5.56 Å². The molecular formula is C15H13BrN2O. The van der Waals surface area contributed by atoms with Crippen LogP contribution in [0.3, 0.4) is 0 Å². The lowest BCUT2D eigenvalue weighted by Gasteiger charge is -2.12. The summed E-state index contributed by atoms with van der Waals surface area (Å²) in [6.07, 6.45) is 0.735. The highest BCUT2D eigenvalue weighted by atomic mass is 79.9. The Morgan fingerprint density at radius 2 is 1.89 bits per heavy atom. The SMILES string of the molecule is O=C(Nc1ccc(Br)cc1)[C@@H]1Cc2ccccc2N1. The molecule has 0 unspecified atom stereocenters. The van der Waals surface area contributed by atoms with Crippen LogP contribution in [0, 0.1) is 0 Å². The van der Waals surface area contributed by atoms with Crippen LogP contribution in [0.4, 0.5) is 11.4 Å². The van der Waals surface area contributed by atoms with Crippen LogP contribution in [0.25, 0.3) is 0 Å². The second-order valence-electron chi connectivity index (χ2n) is 4.55. The van der Waals surface area contributed by atoms with Crippen LogP contribution in [0.5, 0.6) is 0 Å². The van der Waals surface area contributed by atoms with Crippen molar-refractivity contribution in [3.8, 4) is 0 Å². The van der Waals surface area contributed by atoms with E-state index in [2.05, 4.69) is 32.6 Å². The summed E-state index contributed by atoms with van der Waals surface area (Å²) in [5, 5.41) is 6.17. The Bertz CT molecular complexity index is 585. The molecule has 1 heterocycles. The molecule has 4 heteroatoms. The Hall–Kier alpha value is -1.81. The predicted octanol–water partition coefficient (Wildman–Crippen LogP) is 3.42. The van der Waals surface area contributed by atoms with Crippen molar-refractivity contribution in [1.82, 2.24) is 0 Å². The van der Waals surface area contributed by atoms with E-state index in [1.807, 2.05) is 42.5 Å². The number of benzene rings is 2. The number of halogens is 1. The summed E-state index contributed by atoms with van der Waals surface area (Å²) < 4.78 is 0.997. The van der Waals surface area contributed by atoms with E-state index in [0.29, 0.717) is 0 Å². The lowest BCUT2D eigenvalue weighted by atomic mass is 10.1. The van der Waals surface area contributed by atoms with Gasteiger partial charge in [0.1, 0.15) is 6.04 Å². The van der Waals surface area contributed by atoms with Crippen molar-refractivity contribution in [2.75, 3.05) is 10.6 Å². The first-order valence-corrected chi connectivity index (χ1v) is 6.92. The molecule has 19 heavy (non-hydrogen) atoms. The van der Waals surface area contributed by atoms with E-state index in [9.17, 15) is 4.79 Å². The van der Waals surface area contributed by atoms with Gasteiger partial charge in [0.05, 0.1) is 0 Å². The molecule has 0 saturated carbocycles. The normalized spacial score (nSPS) is 16.6. The Morgan fingerprint density at radius 1 is 1.16 bits per heavy atom. The molecule has 0 spiro atoms. The fourth-order valence-electron chi connectivity index (χ4n) is 2.22. The van der Waals surface area contributed by atoms with Crippen LogP contribution in [0.1, 0.15) is 5.56 Å². The summed E-state index contributed by atoms with van der Waals surface area (Å²) in [5.41, 5.74) is 3.06. The standard InChI is InChI=1S/C15H13BrN2O/c16-11-5-7-12(8-6-11)17-15(19)14-9-10-3-1-2-4-13(10)18-14/h1-8,14,18H,9H2,(H,17,19)/t14-/m0/s1. The Balaban J connectivity index is 1.68. The van der Waals surface area contributed by atoms with Gasteiger partial charge in [-0.05, 0) is 35.9 Å². The maximum atomic E-state index is 12.2. The van der Waals surface area contributed by atoms with E-state index in [1.54, 1.807) is 0 Å². The molecule has 1 aliphatic rings. The number of rotatable bonds is 2. The van der Waals surface area contributed by atoms with Gasteiger partial charge < -0.3 is 10.6 Å². The quantitative estimate of drug-likeness (QED) is 0.891. The average Bonchev–Trinajstić information content (AvgIpc) is 2.85. The summed E-state index contributed by atoms with van der Waals surface area (Å²) in [6, 6.07) is 15.4. The largest absolute Gasteiger partial charge is 0.373 e. The molecule has 0 radical (unpaired) electrons. The Labute approximate surface area is 120 Å². The van der Waals surface area contributed by atoms with Crippen LogP contribution >= 0.6 is 15.9 Å². The van der Waals surface area contributed by atoms with Crippen molar-refractivity contribution in [1.29, 1.82) is 0 Å². The fourth-order valence-corrected chi connectivity index (χ4v) is 2.48. The van der Waals surface area contributed by atoms with Crippen molar-refractivity contribution < 1.29 is 4.79 Å². The first kappa shape index (κ1) is 12.2. The summed E-state index contributed by atoms with van der Waals surface area (Å²) in [6.45, 7) is 0. The number of nitrogens with one attached hydrogen (secondary N) is 2. The monoisotopic (exact) mass is 316 g/mol. The van der Waals surface area contributed by atoms with Gasteiger partial charge in [-0.3, -0.25) is 4.79 Å². The third kappa shape index (κ3) is 2.63. The lowest BCUT2D eigenvalue weighted by molar-refractivity contribution is -0.116. The lowest BCUT2D eigenvalue weighted by Crippen LogP contribution is -2.32. The molecular weight excluding hydrogens is 304 g/mol. The van der Waals surface area contributed by atoms with Crippen LogP contribution in [-0.4, -0.2) is 11.9 Å². The van der Waals surface area contributed by atoms with Crippen molar-refractivity contribution in [2.24, 2.45) is 0 Å². The molecule has 2 N–H and O–H groups in total. The average molecular weight is 317 g/mol. The maximum Gasteiger partial charge on any atom is 0.247 e. The molecule has 0 bridgehead atoms. The third-order valence-electron chi connectivity index (χ3n) is 3.20. The van der Waals surface area contributed by atoms with E-state index >= 15 is 0 Å². The minimum absolute atomic E-state index is 0.00137. The maximum absolute atomic E-state index is 12.2. The summed E-state index contributed by atoms with van der Waals surface area (Å²) in [5.74, 6) is -0.00137. The van der Waals surface area contributed by atoms with Crippen molar-refractivity contribution in [3.05, 3.63) is 58.6 Å². The molecule has 2 aromatic carbocycles. The van der Waals surface area contributed by atoms with E-state index in [-0.39, 0.29) is 11.9 Å². The predicted molar refractivity (Wildman–Crippen MR) is 80.3 cm³/mol. The first-order valence-electron chi connectivity index (χ1n) is 6.13. The molecule has 0 fully saturated rings. The number of hydrogen-bond acceptors (Lipinski definition) is 2. The number of para-hydroxylation sites is 1. The molecule has 0 aliphatic carbocycles. The van der Waals surface area contributed by atoms with Gasteiger partial charge in [0.2, 0.25) is 5.91 Å². The summed E-state index contributed by atoms with van der Waals surface area (Å²) >= 11 is 3.37. The molecule has 1 aliphatic heterocycles. The van der Waals surface area contributed by atoms with Gasteiger partial charge in [-0.2, -0.15) is 0 Å². The second-order valence-corrected chi connectivity index (χ2v) is 5.47. The molecule has 1 atom stereocenters.